The smallest absolute Gasteiger partial charge is 0.142 e. The van der Waals surface area contributed by atoms with Crippen LogP contribution in [0.3, 0.4) is 0 Å². The van der Waals surface area contributed by atoms with Crippen molar-refractivity contribution in [2.24, 2.45) is 0 Å². The third kappa shape index (κ3) is 3.15. The number of hydrogen-bond donors (Lipinski definition) is 1. The summed E-state index contributed by atoms with van der Waals surface area (Å²) in [5.41, 5.74) is 3.57. The average molecular weight is 284 g/mol. The van der Waals surface area contributed by atoms with Crippen LogP contribution in [0.15, 0.2) is 30.6 Å². The Morgan fingerprint density at radius 3 is 2.57 bits per heavy atom. The van der Waals surface area contributed by atoms with Gasteiger partial charge in [-0.2, -0.15) is 0 Å². The lowest BCUT2D eigenvalue weighted by Gasteiger charge is -2.27. The Hall–Kier alpha value is -2.10. The second kappa shape index (κ2) is 6.57. The summed E-state index contributed by atoms with van der Waals surface area (Å²) < 4.78 is 0. The highest BCUT2D eigenvalue weighted by molar-refractivity contribution is 5.68. The molecule has 112 valence electrons. The molecule has 0 spiro atoms. The molecular weight excluding hydrogens is 260 g/mol. The standard InChI is InChI=1S/C17H24N4/c1-6-21(14-9-7-8-13(4)10-14)17-15(12(2)3)16(18-5)19-11-20-17/h7-12H,6H2,1-5H3,(H,18,19,20). The van der Waals surface area contributed by atoms with Crippen molar-refractivity contribution in [3.8, 4) is 0 Å². The van der Waals surface area contributed by atoms with Gasteiger partial charge in [-0.3, -0.25) is 0 Å². The Morgan fingerprint density at radius 2 is 2.00 bits per heavy atom. The SMILES string of the molecule is CCN(c1cccc(C)c1)c1ncnc(NC)c1C(C)C. The van der Waals surface area contributed by atoms with Crippen molar-refractivity contribution in [3.05, 3.63) is 41.7 Å². The van der Waals surface area contributed by atoms with Crippen LogP contribution < -0.4 is 10.2 Å². The minimum Gasteiger partial charge on any atom is -0.373 e. The van der Waals surface area contributed by atoms with Gasteiger partial charge in [0.05, 0.1) is 0 Å². The van der Waals surface area contributed by atoms with Crippen molar-refractivity contribution in [1.82, 2.24) is 9.97 Å². The summed E-state index contributed by atoms with van der Waals surface area (Å²) in [7, 11) is 1.90. The van der Waals surface area contributed by atoms with Crippen LogP contribution >= 0.6 is 0 Å². The number of benzene rings is 1. The molecular formula is C17H24N4. The highest BCUT2D eigenvalue weighted by Crippen LogP contribution is 2.34. The fourth-order valence-electron chi connectivity index (χ4n) is 2.58. The predicted molar refractivity (Wildman–Crippen MR) is 89.5 cm³/mol. The lowest BCUT2D eigenvalue weighted by atomic mass is 10.0. The number of hydrogen-bond acceptors (Lipinski definition) is 4. The van der Waals surface area contributed by atoms with Crippen molar-refractivity contribution in [2.45, 2.75) is 33.6 Å². The minimum absolute atomic E-state index is 0.350. The molecule has 0 fully saturated rings. The summed E-state index contributed by atoms with van der Waals surface area (Å²) in [5, 5.41) is 3.18. The highest BCUT2D eigenvalue weighted by atomic mass is 15.2. The van der Waals surface area contributed by atoms with Gasteiger partial charge in [-0.25, -0.2) is 9.97 Å². The molecule has 2 rings (SSSR count). The second-order valence-electron chi connectivity index (χ2n) is 5.45. The van der Waals surface area contributed by atoms with E-state index in [1.807, 2.05) is 7.05 Å². The van der Waals surface area contributed by atoms with E-state index in [1.54, 1.807) is 6.33 Å². The molecule has 1 heterocycles. The van der Waals surface area contributed by atoms with Gasteiger partial charge in [-0.1, -0.05) is 26.0 Å². The maximum absolute atomic E-state index is 4.56. The Labute approximate surface area is 127 Å². The van der Waals surface area contributed by atoms with E-state index in [1.165, 1.54) is 11.3 Å². The normalized spacial score (nSPS) is 10.8. The Balaban J connectivity index is 2.57. The first-order chi connectivity index (χ1) is 10.1. The van der Waals surface area contributed by atoms with Gasteiger partial charge in [0.25, 0.3) is 0 Å². The first-order valence-corrected chi connectivity index (χ1v) is 7.45. The molecule has 0 unspecified atom stereocenters. The van der Waals surface area contributed by atoms with Crippen LogP contribution in [-0.2, 0) is 0 Å². The molecule has 0 amide bonds. The molecule has 1 aromatic heterocycles. The van der Waals surface area contributed by atoms with E-state index < -0.39 is 0 Å². The molecule has 2 aromatic rings. The first-order valence-electron chi connectivity index (χ1n) is 7.45. The number of aromatic nitrogens is 2. The molecule has 1 N–H and O–H groups in total. The molecule has 0 aliphatic rings. The van der Waals surface area contributed by atoms with Gasteiger partial charge in [-0.05, 0) is 37.5 Å². The Bertz CT molecular complexity index is 607. The summed E-state index contributed by atoms with van der Waals surface area (Å²) in [6.45, 7) is 9.47. The number of nitrogens with zero attached hydrogens (tertiary/aromatic N) is 3. The first kappa shape index (κ1) is 15.3. The molecule has 0 saturated carbocycles. The van der Waals surface area contributed by atoms with Gasteiger partial charge in [0.2, 0.25) is 0 Å². The molecule has 0 bridgehead atoms. The lowest BCUT2D eigenvalue weighted by molar-refractivity contribution is 0.831. The van der Waals surface area contributed by atoms with Gasteiger partial charge in [0.1, 0.15) is 18.0 Å². The Morgan fingerprint density at radius 1 is 1.24 bits per heavy atom. The fourth-order valence-corrected chi connectivity index (χ4v) is 2.58. The molecule has 0 saturated heterocycles. The minimum atomic E-state index is 0.350. The molecule has 21 heavy (non-hydrogen) atoms. The van der Waals surface area contributed by atoms with Crippen LogP contribution in [0.25, 0.3) is 0 Å². The van der Waals surface area contributed by atoms with Crippen LogP contribution in [0, 0.1) is 6.92 Å². The van der Waals surface area contributed by atoms with Crippen LogP contribution in [-0.4, -0.2) is 23.6 Å². The summed E-state index contributed by atoms with van der Waals surface area (Å²) in [5.74, 6) is 2.24. The van der Waals surface area contributed by atoms with Crippen molar-refractivity contribution < 1.29 is 0 Å². The summed E-state index contributed by atoms with van der Waals surface area (Å²) >= 11 is 0. The van der Waals surface area contributed by atoms with Crippen molar-refractivity contribution in [1.29, 1.82) is 0 Å². The second-order valence-corrected chi connectivity index (χ2v) is 5.45. The Kier molecular flexibility index (Phi) is 4.78. The van der Waals surface area contributed by atoms with E-state index in [0.717, 1.165) is 23.7 Å². The third-order valence-electron chi connectivity index (χ3n) is 3.56. The zero-order valence-electron chi connectivity index (χ0n) is 13.5. The topological polar surface area (TPSA) is 41.1 Å². The largest absolute Gasteiger partial charge is 0.373 e. The molecule has 4 heteroatoms. The van der Waals surface area contributed by atoms with E-state index in [9.17, 15) is 0 Å². The molecule has 0 radical (unpaired) electrons. The maximum atomic E-state index is 4.56. The van der Waals surface area contributed by atoms with Crippen molar-refractivity contribution >= 4 is 17.3 Å². The van der Waals surface area contributed by atoms with Crippen LogP contribution in [0.2, 0.25) is 0 Å². The van der Waals surface area contributed by atoms with Crippen molar-refractivity contribution in [2.75, 3.05) is 23.8 Å². The molecule has 1 aromatic carbocycles. The summed E-state index contributed by atoms with van der Waals surface area (Å²) in [6.07, 6.45) is 1.63. The fraction of sp³-hybridized carbons (Fsp3) is 0.412. The van der Waals surface area contributed by atoms with Gasteiger partial charge < -0.3 is 10.2 Å². The quantitative estimate of drug-likeness (QED) is 0.897. The van der Waals surface area contributed by atoms with Gasteiger partial charge >= 0.3 is 0 Å². The van der Waals surface area contributed by atoms with E-state index >= 15 is 0 Å². The van der Waals surface area contributed by atoms with Crippen LogP contribution in [0.4, 0.5) is 17.3 Å². The molecule has 0 aliphatic carbocycles. The lowest BCUT2D eigenvalue weighted by Crippen LogP contribution is -2.21. The highest BCUT2D eigenvalue weighted by Gasteiger charge is 2.19. The number of rotatable bonds is 5. The van der Waals surface area contributed by atoms with Crippen LogP contribution in [0.1, 0.15) is 37.8 Å². The van der Waals surface area contributed by atoms with E-state index in [-0.39, 0.29) is 0 Å². The van der Waals surface area contributed by atoms with E-state index in [4.69, 9.17) is 0 Å². The van der Waals surface area contributed by atoms with Gasteiger partial charge in [-0.15, -0.1) is 0 Å². The molecule has 0 aliphatic heterocycles. The zero-order chi connectivity index (χ0) is 15.4. The third-order valence-corrected chi connectivity index (χ3v) is 3.56. The van der Waals surface area contributed by atoms with E-state index in [0.29, 0.717) is 5.92 Å². The molecule has 4 nitrogen and oxygen atoms in total. The maximum Gasteiger partial charge on any atom is 0.142 e. The van der Waals surface area contributed by atoms with Gasteiger partial charge in [0.15, 0.2) is 0 Å². The number of aryl methyl sites for hydroxylation is 1. The van der Waals surface area contributed by atoms with Crippen molar-refractivity contribution in [3.63, 3.8) is 0 Å². The van der Waals surface area contributed by atoms with Gasteiger partial charge in [0, 0.05) is 24.8 Å². The predicted octanol–water partition coefficient (Wildman–Crippen LogP) is 4.11. The summed E-state index contributed by atoms with van der Waals surface area (Å²) in [6, 6.07) is 8.51. The monoisotopic (exact) mass is 284 g/mol. The van der Waals surface area contributed by atoms with E-state index in [2.05, 4.69) is 72.1 Å². The zero-order valence-corrected chi connectivity index (χ0v) is 13.5. The average Bonchev–Trinajstić information content (AvgIpc) is 2.47. The molecule has 0 atom stereocenters. The summed E-state index contributed by atoms with van der Waals surface area (Å²) in [4.78, 5) is 11.2. The number of nitrogens with one attached hydrogen (secondary N) is 1. The van der Waals surface area contributed by atoms with Crippen LogP contribution in [0.5, 0.6) is 0 Å². The number of anilines is 3.